The van der Waals surface area contributed by atoms with Crippen LogP contribution in [0.25, 0.3) is 0 Å². The number of β-amino-alcohol motifs (C(OH)–C–C–N with tert-alkyl or cyclic N) is 2. The minimum Gasteiger partial charge on any atom is -0.392 e. The molecule has 17 heavy (non-hydrogen) atoms. The number of aliphatic hydroxyl groups is 2. The van der Waals surface area contributed by atoms with Crippen molar-refractivity contribution in [3.8, 4) is 0 Å². The molecule has 1 rings (SSSR count). The first-order chi connectivity index (χ1) is 7.72. The average Bonchev–Trinajstić information content (AvgIpc) is 2.44. The number of nitrogens with zero attached hydrogens (tertiary/aromatic N) is 2. The second-order valence-electron chi connectivity index (χ2n) is 6.25. The number of hydrogen-bond donors (Lipinski definition) is 2. The van der Waals surface area contributed by atoms with Crippen molar-refractivity contribution in [1.29, 1.82) is 0 Å². The van der Waals surface area contributed by atoms with Gasteiger partial charge in [-0.2, -0.15) is 0 Å². The van der Waals surface area contributed by atoms with Gasteiger partial charge in [0.15, 0.2) is 0 Å². The summed E-state index contributed by atoms with van der Waals surface area (Å²) in [6.45, 7) is 8.21. The SMILES string of the molecule is CC(C)C(C)(O)CN1CC(O)CC1CN(C)C. The molecule has 1 heterocycles. The molecule has 0 aromatic heterocycles. The van der Waals surface area contributed by atoms with E-state index in [9.17, 15) is 10.2 Å². The van der Waals surface area contributed by atoms with Crippen LogP contribution in [-0.2, 0) is 0 Å². The van der Waals surface area contributed by atoms with Crippen molar-refractivity contribution in [2.75, 3.05) is 33.7 Å². The molecule has 1 fully saturated rings. The van der Waals surface area contributed by atoms with Crippen molar-refractivity contribution in [3.05, 3.63) is 0 Å². The number of hydrogen-bond acceptors (Lipinski definition) is 4. The highest BCUT2D eigenvalue weighted by atomic mass is 16.3. The second kappa shape index (κ2) is 5.65. The zero-order valence-electron chi connectivity index (χ0n) is 11.8. The third-order valence-electron chi connectivity index (χ3n) is 3.85. The molecule has 0 spiro atoms. The molecule has 3 unspecified atom stereocenters. The Morgan fingerprint density at radius 1 is 1.41 bits per heavy atom. The Balaban J connectivity index is 2.61. The zero-order valence-corrected chi connectivity index (χ0v) is 11.8. The largest absolute Gasteiger partial charge is 0.392 e. The molecule has 1 aliphatic rings. The molecule has 1 aliphatic heterocycles. The van der Waals surface area contributed by atoms with Gasteiger partial charge in [-0.1, -0.05) is 13.8 Å². The molecule has 1 saturated heterocycles. The van der Waals surface area contributed by atoms with Crippen LogP contribution in [0, 0.1) is 5.92 Å². The van der Waals surface area contributed by atoms with E-state index in [4.69, 9.17) is 0 Å². The summed E-state index contributed by atoms with van der Waals surface area (Å²) in [5, 5.41) is 20.1. The van der Waals surface area contributed by atoms with Crippen LogP contribution in [-0.4, -0.2) is 71.5 Å². The van der Waals surface area contributed by atoms with Crippen LogP contribution in [0.3, 0.4) is 0 Å². The first-order valence-corrected chi connectivity index (χ1v) is 6.51. The normalized spacial score (nSPS) is 30.2. The van der Waals surface area contributed by atoms with E-state index in [1.165, 1.54) is 0 Å². The maximum atomic E-state index is 10.4. The maximum Gasteiger partial charge on any atom is 0.0768 e. The zero-order chi connectivity index (χ0) is 13.2. The Morgan fingerprint density at radius 2 is 2.00 bits per heavy atom. The average molecular weight is 244 g/mol. The lowest BCUT2D eigenvalue weighted by molar-refractivity contribution is -0.0249. The van der Waals surface area contributed by atoms with E-state index in [0.29, 0.717) is 19.1 Å². The third kappa shape index (κ3) is 4.21. The van der Waals surface area contributed by atoms with E-state index in [-0.39, 0.29) is 12.0 Å². The Bertz CT molecular complexity index is 242. The standard InChI is InChI=1S/C13H28N2O2/c1-10(2)13(3,17)9-15-8-12(16)6-11(15)7-14(4)5/h10-12,16-17H,6-9H2,1-5H3. The van der Waals surface area contributed by atoms with Crippen molar-refractivity contribution in [2.24, 2.45) is 5.92 Å². The molecule has 2 N–H and O–H groups in total. The van der Waals surface area contributed by atoms with Crippen LogP contribution in [0.2, 0.25) is 0 Å². The summed E-state index contributed by atoms with van der Waals surface area (Å²) >= 11 is 0. The van der Waals surface area contributed by atoms with Gasteiger partial charge in [-0.05, 0) is 33.4 Å². The van der Waals surface area contributed by atoms with Crippen LogP contribution in [0.1, 0.15) is 27.2 Å². The highest BCUT2D eigenvalue weighted by Gasteiger charge is 2.36. The smallest absolute Gasteiger partial charge is 0.0768 e. The van der Waals surface area contributed by atoms with Crippen LogP contribution in [0.15, 0.2) is 0 Å². The first-order valence-electron chi connectivity index (χ1n) is 6.51. The summed E-state index contributed by atoms with van der Waals surface area (Å²) in [6, 6.07) is 0.352. The second-order valence-corrected chi connectivity index (χ2v) is 6.25. The van der Waals surface area contributed by atoms with E-state index >= 15 is 0 Å². The molecule has 0 amide bonds. The van der Waals surface area contributed by atoms with Gasteiger partial charge in [-0.15, -0.1) is 0 Å². The van der Waals surface area contributed by atoms with Crippen molar-refractivity contribution in [3.63, 3.8) is 0 Å². The molecule has 4 nitrogen and oxygen atoms in total. The molecule has 0 aromatic rings. The summed E-state index contributed by atoms with van der Waals surface area (Å²) in [5.74, 6) is 0.222. The van der Waals surface area contributed by atoms with Gasteiger partial charge in [0.2, 0.25) is 0 Å². The fraction of sp³-hybridized carbons (Fsp3) is 1.00. The molecule has 0 radical (unpaired) electrons. The molecular formula is C13H28N2O2. The van der Waals surface area contributed by atoms with Gasteiger partial charge in [-0.25, -0.2) is 0 Å². The van der Waals surface area contributed by atoms with Crippen molar-refractivity contribution < 1.29 is 10.2 Å². The summed E-state index contributed by atoms with van der Waals surface area (Å²) < 4.78 is 0. The fourth-order valence-corrected chi connectivity index (χ4v) is 2.36. The molecule has 0 aromatic carbocycles. The molecule has 0 saturated carbocycles. The Labute approximate surface area is 105 Å². The molecule has 4 heteroatoms. The predicted octanol–water partition coefficient (Wildman–Crippen LogP) is 0.390. The van der Waals surface area contributed by atoms with Crippen LogP contribution in [0.5, 0.6) is 0 Å². The summed E-state index contributed by atoms with van der Waals surface area (Å²) in [5.41, 5.74) is -0.686. The Kier molecular flexibility index (Phi) is 4.95. The number of rotatable bonds is 5. The van der Waals surface area contributed by atoms with Crippen LogP contribution < -0.4 is 0 Å². The van der Waals surface area contributed by atoms with Gasteiger partial charge in [0, 0.05) is 25.7 Å². The predicted molar refractivity (Wildman–Crippen MR) is 70.0 cm³/mol. The number of aliphatic hydroxyl groups excluding tert-OH is 1. The van der Waals surface area contributed by atoms with E-state index in [1.807, 2.05) is 34.9 Å². The third-order valence-corrected chi connectivity index (χ3v) is 3.85. The topological polar surface area (TPSA) is 46.9 Å². The van der Waals surface area contributed by atoms with Gasteiger partial charge in [0.05, 0.1) is 11.7 Å². The molecule has 0 aliphatic carbocycles. The monoisotopic (exact) mass is 244 g/mol. The number of likely N-dealkylation sites (tertiary alicyclic amines) is 1. The summed E-state index contributed by atoms with van der Waals surface area (Å²) in [4.78, 5) is 4.37. The van der Waals surface area contributed by atoms with Gasteiger partial charge in [-0.3, -0.25) is 4.90 Å². The summed E-state index contributed by atoms with van der Waals surface area (Å²) in [6.07, 6.45) is 0.565. The van der Waals surface area contributed by atoms with Gasteiger partial charge in [0.25, 0.3) is 0 Å². The van der Waals surface area contributed by atoms with E-state index < -0.39 is 5.60 Å². The quantitative estimate of drug-likeness (QED) is 0.734. The lowest BCUT2D eigenvalue weighted by atomic mass is 9.92. The molecular weight excluding hydrogens is 216 g/mol. The first kappa shape index (κ1) is 14.9. The fourth-order valence-electron chi connectivity index (χ4n) is 2.36. The van der Waals surface area contributed by atoms with Gasteiger partial charge >= 0.3 is 0 Å². The lowest BCUT2D eigenvalue weighted by Gasteiger charge is -2.36. The van der Waals surface area contributed by atoms with E-state index in [1.54, 1.807) is 0 Å². The number of likely N-dealkylation sites (N-methyl/N-ethyl adjacent to an activating group) is 1. The van der Waals surface area contributed by atoms with Gasteiger partial charge in [0.1, 0.15) is 0 Å². The molecule has 3 atom stereocenters. The maximum absolute atomic E-state index is 10.4. The summed E-state index contributed by atoms with van der Waals surface area (Å²) in [7, 11) is 4.09. The molecule has 0 bridgehead atoms. The lowest BCUT2D eigenvalue weighted by Crippen LogP contribution is -2.48. The van der Waals surface area contributed by atoms with E-state index in [0.717, 1.165) is 13.0 Å². The highest BCUT2D eigenvalue weighted by Crippen LogP contribution is 2.24. The van der Waals surface area contributed by atoms with Gasteiger partial charge < -0.3 is 15.1 Å². The van der Waals surface area contributed by atoms with Crippen molar-refractivity contribution >= 4 is 0 Å². The minimum atomic E-state index is -0.686. The Morgan fingerprint density at radius 3 is 2.47 bits per heavy atom. The van der Waals surface area contributed by atoms with E-state index in [2.05, 4.69) is 9.80 Å². The Hall–Kier alpha value is -0.160. The van der Waals surface area contributed by atoms with Crippen LogP contribution >= 0.6 is 0 Å². The highest BCUT2D eigenvalue weighted by molar-refractivity contribution is 4.91. The van der Waals surface area contributed by atoms with Crippen molar-refractivity contribution in [2.45, 2.75) is 44.9 Å². The minimum absolute atomic E-state index is 0.222. The van der Waals surface area contributed by atoms with Crippen molar-refractivity contribution in [1.82, 2.24) is 9.80 Å². The molecule has 102 valence electrons. The van der Waals surface area contributed by atoms with Crippen LogP contribution in [0.4, 0.5) is 0 Å².